The highest BCUT2D eigenvalue weighted by atomic mass is 16.4. The van der Waals surface area contributed by atoms with Gasteiger partial charge in [-0.2, -0.15) is 4.98 Å². The van der Waals surface area contributed by atoms with Gasteiger partial charge in [-0.15, -0.1) is 0 Å². The van der Waals surface area contributed by atoms with Gasteiger partial charge in [0.25, 0.3) is 0 Å². The van der Waals surface area contributed by atoms with Crippen molar-refractivity contribution in [2.24, 2.45) is 5.41 Å². The van der Waals surface area contributed by atoms with Crippen LogP contribution in [0.2, 0.25) is 0 Å². The monoisotopic (exact) mass is 252 g/mol. The summed E-state index contributed by atoms with van der Waals surface area (Å²) >= 11 is 0. The molecule has 0 amide bonds. The number of aryl methyl sites for hydroxylation is 2. The summed E-state index contributed by atoms with van der Waals surface area (Å²) in [5.41, 5.74) is -0.230. The Balaban J connectivity index is 2.43. The van der Waals surface area contributed by atoms with E-state index in [1.54, 1.807) is 37.6 Å². The van der Waals surface area contributed by atoms with Gasteiger partial charge in [-0.25, -0.2) is 4.79 Å². The number of aromatic nitrogens is 2. The lowest BCUT2D eigenvalue weighted by Crippen LogP contribution is -2.25. The average molecular weight is 252 g/mol. The Morgan fingerprint density at radius 2 is 2.11 bits per heavy atom. The first-order valence-electron chi connectivity index (χ1n) is 6.10. The molecule has 100 valence electrons. The third-order valence-corrected chi connectivity index (χ3v) is 3.04. The number of unbranched alkanes of at least 4 members (excludes halogenated alkanes) is 1. The van der Waals surface area contributed by atoms with Gasteiger partial charge in [0.1, 0.15) is 0 Å². The van der Waals surface area contributed by atoms with Crippen molar-refractivity contribution in [2.45, 2.75) is 46.6 Å². The average Bonchev–Trinajstić information content (AvgIpc) is 2.26. The fraction of sp³-hybridized carbons (Fsp3) is 0.615. The van der Waals surface area contributed by atoms with Crippen LogP contribution in [0.25, 0.3) is 0 Å². The van der Waals surface area contributed by atoms with Crippen molar-refractivity contribution in [3.63, 3.8) is 0 Å². The summed E-state index contributed by atoms with van der Waals surface area (Å²) in [4.78, 5) is 26.3. The molecule has 0 atom stereocenters. The molecule has 0 aliphatic rings. The third kappa shape index (κ3) is 3.98. The number of aliphatic carboxylic acids is 1. The number of nitrogens with zero attached hydrogens (tertiary/aromatic N) is 2. The number of rotatable bonds is 6. The van der Waals surface area contributed by atoms with Crippen LogP contribution < -0.4 is 5.69 Å². The van der Waals surface area contributed by atoms with E-state index in [0.717, 1.165) is 12.8 Å². The summed E-state index contributed by atoms with van der Waals surface area (Å²) in [6.07, 6.45) is 3.89. The lowest BCUT2D eigenvalue weighted by atomic mass is 9.87. The van der Waals surface area contributed by atoms with Gasteiger partial charge in [-0.3, -0.25) is 9.36 Å². The molecule has 1 aromatic heterocycles. The van der Waals surface area contributed by atoms with Crippen molar-refractivity contribution in [3.8, 4) is 0 Å². The minimum absolute atomic E-state index is 0.243. The Kier molecular flexibility index (Phi) is 4.64. The predicted molar refractivity (Wildman–Crippen MR) is 68.5 cm³/mol. The van der Waals surface area contributed by atoms with Crippen molar-refractivity contribution in [1.82, 2.24) is 9.55 Å². The first-order valence-corrected chi connectivity index (χ1v) is 6.10. The largest absolute Gasteiger partial charge is 0.481 e. The molecule has 1 N–H and O–H groups in total. The van der Waals surface area contributed by atoms with Crippen LogP contribution in [0, 0.1) is 12.3 Å². The van der Waals surface area contributed by atoms with E-state index in [2.05, 4.69) is 4.98 Å². The molecule has 0 fully saturated rings. The number of carboxylic acids is 1. The van der Waals surface area contributed by atoms with Crippen LogP contribution in [-0.2, 0) is 11.3 Å². The van der Waals surface area contributed by atoms with Crippen molar-refractivity contribution in [3.05, 3.63) is 28.4 Å². The summed E-state index contributed by atoms with van der Waals surface area (Å²) in [6.45, 7) is 5.80. The number of hydrogen-bond acceptors (Lipinski definition) is 3. The first kappa shape index (κ1) is 14.4. The molecule has 0 bridgehead atoms. The summed E-state index contributed by atoms with van der Waals surface area (Å²) < 4.78 is 1.56. The van der Waals surface area contributed by atoms with E-state index < -0.39 is 11.4 Å². The maximum absolute atomic E-state index is 11.5. The first-order chi connectivity index (χ1) is 8.33. The maximum Gasteiger partial charge on any atom is 0.347 e. The molecular weight excluding hydrogens is 232 g/mol. The Morgan fingerprint density at radius 3 is 2.67 bits per heavy atom. The summed E-state index contributed by atoms with van der Waals surface area (Å²) in [5, 5.41) is 8.97. The third-order valence-electron chi connectivity index (χ3n) is 3.04. The van der Waals surface area contributed by atoms with Gasteiger partial charge in [-0.05, 0) is 39.7 Å². The Bertz CT molecular complexity index is 477. The molecule has 1 rings (SSSR count). The molecule has 0 aliphatic heterocycles. The SMILES string of the molecule is Cc1ccn(CCCCC(C)(C)C(=O)O)c(=O)n1. The van der Waals surface area contributed by atoms with E-state index >= 15 is 0 Å². The van der Waals surface area contributed by atoms with E-state index in [4.69, 9.17) is 5.11 Å². The van der Waals surface area contributed by atoms with Crippen molar-refractivity contribution in [2.75, 3.05) is 0 Å². The molecule has 0 saturated carbocycles. The molecule has 0 aromatic carbocycles. The van der Waals surface area contributed by atoms with Crippen LogP contribution in [0.3, 0.4) is 0 Å². The Labute approximate surface area is 106 Å². The van der Waals surface area contributed by atoms with Gasteiger partial charge in [0.2, 0.25) is 0 Å². The van der Waals surface area contributed by atoms with Crippen molar-refractivity contribution >= 4 is 5.97 Å². The van der Waals surface area contributed by atoms with Crippen LogP contribution in [0.1, 0.15) is 38.8 Å². The van der Waals surface area contributed by atoms with Gasteiger partial charge in [0, 0.05) is 18.4 Å². The number of carboxylic acid groups (broad SMARTS) is 1. The quantitative estimate of drug-likeness (QED) is 0.784. The second-order valence-electron chi connectivity index (χ2n) is 5.19. The van der Waals surface area contributed by atoms with Crippen LogP contribution in [-0.4, -0.2) is 20.6 Å². The van der Waals surface area contributed by atoms with E-state index in [1.807, 2.05) is 0 Å². The highest BCUT2D eigenvalue weighted by Gasteiger charge is 2.25. The second-order valence-corrected chi connectivity index (χ2v) is 5.19. The summed E-state index contributed by atoms with van der Waals surface area (Å²) in [6, 6.07) is 1.79. The zero-order valence-electron chi connectivity index (χ0n) is 11.1. The molecule has 0 unspecified atom stereocenters. The molecule has 0 radical (unpaired) electrons. The lowest BCUT2D eigenvalue weighted by Gasteiger charge is -2.18. The molecule has 0 saturated heterocycles. The van der Waals surface area contributed by atoms with Gasteiger partial charge < -0.3 is 5.11 Å². The van der Waals surface area contributed by atoms with Crippen LogP contribution >= 0.6 is 0 Å². The van der Waals surface area contributed by atoms with E-state index in [9.17, 15) is 9.59 Å². The number of carbonyl (C=O) groups is 1. The standard InChI is InChI=1S/C13H20N2O3/c1-10-6-9-15(12(18)14-10)8-5-4-7-13(2,3)11(16)17/h6,9H,4-5,7-8H2,1-3H3,(H,16,17). The lowest BCUT2D eigenvalue weighted by molar-refractivity contribution is -0.147. The Morgan fingerprint density at radius 1 is 1.44 bits per heavy atom. The molecule has 5 heteroatoms. The van der Waals surface area contributed by atoms with Crippen LogP contribution in [0.4, 0.5) is 0 Å². The van der Waals surface area contributed by atoms with Gasteiger partial charge in [-0.1, -0.05) is 6.42 Å². The van der Waals surface area contributed by atoms with E-state index in [0.29, 0.717) is 18.7 Å². The highest BCUT2D eigenvalue weighted by molar-refractivity contribution is 5.73. The number of hydrogen-bond donors (Lipinski definition) is 1. The minimum Gasteiger partial charge on any atom is -0.481 e. The predicted octanol–water partition coefficient (Wildman–Crippen LogP) is 1.83. The molecule has 1 aromatic rings. The van der Waals surface area contributed by atoms with E-state index in [-0.39, 0.29) is 5.69 Å². The molecule has 0 spiro atoms. The minimum atomic E-state index is -0.781. The van der Waals surface area contributed by atoms with Gasteiger partial charge in [0.05, 0.1) is 5.41 Å². The van der Waals surface area contributed by atoms with Gasteiger partial charge in [0.15, 0.2) is 0 Å². The molecule has 18 heavy (non-hydrogen) atoms. The second kappa shape index (κ2) is 5.80. The van der Waals surface area contributed by atoms with Gasteiger partial charge >= 0.3 is 11.7 Å². The maximum atomic E-state index is 11.5. The smallest absolute Gasteiger partial charge is 0.347 e. The summed E-state index contributed by atoms with van der Waals surface area (Å²) in [5.74, 6) is -0.781. The molecular formula is C13H20N2O3. The fourth-order valence-electron chi connectivity index (χ4n) is 1.64. The molecule has 1 heterocycles. The zero-order valence-corrected chi connectivity index (χ0v) is 11.1. The normalized spacial score (nSPS) is 11.5. The van der Waals surface area contributed by atoms with Crippen molar-refractivity contribution < 1.29 is 9.90 Å². The van der Waals surface area contributed by atoms with Crippen LogP contribution in [0.5, 0.6) is 0 Å². The summed E-state index contributed by atoms with van der Waals surface area (Å²) in [7, 11) is 0. The van der Waals surface area contributed by atoms with Crippen molar-refractivity contribution in [1.29, 1.82) is 0 Å². The molecule has 5 nitrogen and oxygen atoms in total. The van der Waals surface area contributed by atoms with E-state index in [1.165, 1.54) is 0 Å². The Hall–Kier alpha value is -1.65. The zero-order chi connectivity index (χ0) is 13.8. The topological polar surface area (TPSA) is 72.2 Å². The fourth-order valence-corrected chi connectivity index (χ4v) is 1.64. The molecule has 0 aliphatic carbocycles. The highest BCUT2D eigenvalue weighted by Crippen LogP contribution is 2.23. The van der Waals surface area contributed by atoms with Crippen LogP contribution in [0.15, 0.2) is 17.1 Å².